The van der Waals surface area contributed by atoms with E-state index < -0.39 is 38.8 Å². The number of nitrogens with zero attached hydrogens (tertiary/aromatic N) is 4. The first-order chi connectivity index (χ1) is 17.1. The second-order valence-electron chi connectivity index (χ2n) is 10.5. The summed E-state index contributed by atoms with van der Waals surface area (Å²) in [6, 6.07) is 0.675. The van der Waals surface area contributed by atoms with Crippen molar-refractivity contribution >= 4 is 44.3 Å². The summed E-state index contributed by atoms with van der Waals surface area (Å²) in [6.07, 6.45) is 1.76. The Kier molecular flexibility index (Phi) is 7.07. The second-order valence-corrected chi connectivity index (χ2v) is 12.7. The Balaban J connectivity index is 1.81. The summed E-state index contributed by atoms with van der Waals surface area (Å²) < 4.78 is 47.7. The van der Waals surface area contributed by atoms with Crippen molar-refractivity contribution in [1.82, 2.24) is 14.0 Å². The van der Waals surface area contributed by atoms with Gasteiger partial charge in [0.15, 0.2) is 0 Å². The van der Waals surface area contributed by atoms with E-state index in [-0.39, 0.29) is 45.2 Å². The van der Waals surface area contributed by atoms with E-state index in [0.29, 0.717) is 37.0 Å². The van der Waals surface area contributed by atoms with Crippen LogP contribution in [0, 0.1) is 11.7 Å². The van der Waals surface area contributed by atoms with E-state index in [1.54, 1.807) is 25.7 Å². The van der Waals surface area contributed by atoms with Gasteiger partial charge in [0.25, 0.3) is 5.56 Å². The maximum absolute atomic E-state index is 15.5. The number of ether oxygens (including phenoxy) is 1. The third kappa shape index (κ3) is 5.61. The van der Waals surface area contributed by atoms with Crippen LogP contribution in [-0.4, -0.2) is 55.2 Å². The minimum Gasteiger partial charge on any atom is -0.441 e. The molecule has 37 heavy (non-hydrogen) atoms. The number of hydrogen-bond acceptors (Lipinski definition) is 8. The number of amides is 1. The summed E-state index contributed by atoms with van der Waals surface area (Å²) in [4.78, 5) is 41.0. The number of carbonyl (C=O) groups is 1. The number of halogens is 2. The molecular weight excluding hydrogens is 531 g/mol. The van der Waals surface area contributed by atoms with E-state index in [0.717, 1.165) is 12.3 Å². The van der Waals surface area contributed by atoms with E-state index in [2.05, 4.69) is 4.72 Å². The SMILES string of the molecule is CC(C)(C)OC(=O)N(N)n1c(=O)c2cc(F)c(N3CCC(CNS(C)(=O)=O)C3)c(Cl)c2n(C2CC2)c1=O. The van der Waals surface area contributed by atoms with E-state index >= 15 is 4.39 Å². The predicted molar refractivity (Wildman–Crippen MR) is 138 cm³/mol. The number of hydrogen-bond donors (Lipinski definition) is 2. The minimum atomic E-state index is -3.38. The fourth-order valence-corrected chi connectivity index (χ4v) is 5.35. The van der Waals surface area contributed by atoms with Crippen LogP contribution in [0.2, 0.25) is 5.02 Å². The van der Waals surface area contributed by atoms with Crippen molar-refractivity contribution in [2.24, 2.45) is 11.8 Å². The van der Waals surface area contributed by atoms with Crippen molar-refractivity contribution in [3.8, 4) is 0 Å². The summed E-state index contributed by atoms with van der Waals surface area (Å²) in [5.74, 6) is 4.96. The Morgan fingerprint density at radius 3 is 2.51 bits per heavy atom. The largest absolute Gasteiger partial charge is 0.445 e. The van der Waals surface area contributed by atoms with Gasteiger partial charge >= 0.3 is 11.8 Å². The third-order valence-electron chi connectivity index (χ3n) is 6.16. The van der Waals surface area contributed by atoms with Gasteiger partial charge in [0.05, 0.1) is 27.9 Å². The molecule has 1 saturated carbocycles. The third-order valence-corrected chi connectivity index (χ3v) is 7.21. The van der Waals surface area contributed by atoms with Gasteiger partial charge in [-0.3, -0.25) is 9.36 Å². The highest BCUT2D eigenvalue weighted by molar-refractivity contribution is 7.88. The topological polar surface area (TPSA) is 149 Å². The molecule has 2 aliphatic rings. The monoisotopic (exact) mass is 560 g/mol. The summed E-state index contributed by atoms with van der Waals surface area (Å²) in [5.41, 5.74) is -2.78. The molecule has 2 aromatic rings. The summed E-state index contributed by atoms with van der Waals surface area (Å²) in [5, 5.41) is -0.0413. The van der Waals surface area contributed by atoms with Crippen molar-refractivity contribution in [1.29, 1.82) is 0 Å². The number of sulfonamides is 1. The van der Waals surface area contributed by atoms with Gasteiger partial charge in [0.1, 0.15) is 11.4 Å². The van der Waals surface area contributed by atoms with Gasteiger partial charge in [-0.2, -0.15) is 0 Å². The molecule has 1 saturated heterocycles. The number of nitrogens with one attached hydrogen (secondary N) is 1. The normalized spacial score (nSPS) is 18.5. The first-order valence-corrected chi connectivity index (χ1v) is 14.0. The molecule has 1 atom stereocenters. The maximum Gasteiger partial charge on any atom is 0.445 e. The average Bonchev–Trinajstić information content (AvgIpc) is 3.49. The molecule has 1 aliphatic carbocycles. The number of aromatic nitrogens is 2. The zero-order valence-corrected chi connectivity index (χ0v) is 22.5. The molecule has 2 fully saturated rings. The van der Waals surface area contributed by atoms with Crippen molar-refractivity contribution in [2.75, 3.05) is 35.9 Å². The molecule has 1 unspecified atom stereocenters. The van der Waals surface area contributed by atoms with E-state index in [1.807, 2.05) is 0 Å². The molecule has 1 aromatic heterocycles. The molecule has 2 heterocycles. The first kappa shape index (κ1) is 27.4. The van der Waals surface area contributed by atoms with Crippen LogP contribution in [0.5, 0.6) is 0 Å². The van der Waals surface area contributed by atoms with Crippen LogP contribution in [0.25, 0.3) is 10.9 Å². The number of rotatable bonds is 6. The molecule has 0 bridgehead atoms. The van der Waals surface area contributed by atoms with Crippen LogP contribution in [-0.2, 0) is 14.8 Å². The number of anilines is 1. The molecule has 0 radical (unpaired) electrons. The number of hydrazine groups is 1. The standard InChI is InChI=1S/C22H30ClFN6O6S/c1-22(2,3)36-21(33)30(25)29-19(31)14-9-15(24)18(16(23)17(14)28(20(29)32)13-5-6-13)27-8-7-12(11-27)10-26-37(4,34)35/h9,12-13,26H,5-8,10-11,25H2,1-4H3. The van der Waals surface area contributed by atoms with Gasteiger partial charge in [-0.05, 0) is 52.0 Å². The highest BCUT2D eigenvalue weighted by Gasteiger charge is 2.35. The van der Waals surface area contributed by atoms with Crippen LogP contribution < -0.4 is 31.8 Å². The Labute approximate surface area is 217 Å². The fourth-order valence-electron chi connectivity index (χ4n) is 4.41. The van der Waals surface area contributed by atoms with Crippen molar-refractivity contribution in [3.05, 3.63) is 37.7 Å². The molecule has 12 nitrogen and oxygen atoms in total. The van der Waals surface area contributed by atoms with Crippen molar-refractivity contribution in [3.63, 3.8) is 0 Å². The zero-order valence-electron chi connectivity index (χ0n) is 21.0. The number of fused-ring (bicyclic) bond motifs is 1. The zero-order chi connectivity index (χ0) is 27.4. The van der Waals surface area contributed by atoms with E-state index in [4.69, 9.17) is 22.2 Å². The highest BCUT2D eigenvalue weighted by Crippen LogP contribution is 2.41. The minimum absolute atomic E-state index is 0.0266. The van der Waals surface area contributed by atoms with Gasteiger partial charge in [0.2, 0.25) is 10.0 Å². The quantitative estimate of drug-likeness (QED) is 0.306. The van der Waals surface area contributed by atoms with Gasteiger partial charge in [0, 0.05) is 25.7 Å². The van der Waals surface area contributed by atoms with Crippen LogP contribution >= 0.6 is 11.6 Å². The molecule has 204 valence electrons. The van der Waals surface area contributed by atoms with Crippen molar-refractivity contribution < 1.29 is 22.3 Å². The smallest absolute Gasteiger partial charge is 0.441 e. The number of benzene rings is 1. The van der Waals surface area contributed by atoms with E-state index in [9.17, 15) is 22.8 Å². The van der Waals surface area contributed by atoms with Crippen LogP contribution in [0.1, 0.15) is 46.1 Å². The molecule has 1 aromatic carbocycles. The molecule has 0 spiro atoms. The highest BCUT2D eigenvalue weighted by atomic mass is 35.5. The summed E-state index contributed by atoms with van der Waals surface area (Å²) in [7, 11) is -3.38. The Morgan fingerprint density at radius 1 is 1.30 bits per heavy atom. The van der Waals surface area contributed by atoms with Crippen LogP contribution in [0.3, 0.4) is 0 Å². The fraction of sp³-hybridized carbons (Fsp3) is 0.591. The van der Waals surface area contributed by atoms with Gasteiger partial charge in [-0.25, -0.2) is 33.0 Å². The number of nitrogens with two attached hydrogens (primary N) is 1. The van der Waals surface area contributed by atoms with E-state index in [1.165, 1.54) is 4.57 Å². The predicted octanol–water partition coefficient (Wildman–Crippen LogP) is 1.41. The maximum atomic E-state index is 15.5. The lowest BCUT2D eigenvalue weighted by Gasteiger charge is -2.26. The van der Waals surface area contributed by atoms with Gasteiger partial charge in [-0.1, -0.05) is 11.6 Å². The summed E-state index contributed by atoms with van der Waals surface area (Å²) >= 11 is 6.69. The van der Waals surface area contributed by atoms with Gasteiger partial charge in [-0.15, -0.1) is 9.79 Å². The lowest BCUT2D eigenvalue weighted by molar-refractivity contribution is 0.0532. The van der Waals surface area contributed by atoms with Gasteiger partial charge < -0.3 is 9.64 Å². The lowest BCUT2D eigenvalue weighted by Crippen LogP contribution is -2.59. The molecule has 15 heteroatoms. The molecule has 1 amide bonds. The summed E-state index contributed by atoms with van der Waals surface area (Å²) in [6.45, 7) is 5.71. The molecule has 4 rings (SSSR count). The molecule has 1 aliphatic heterocycles. The average molecular weight is 561 g/mol. The Bertz CT molecular complexity index is 1480. The lowest BCUT2D eigenvalue weighted by atomic mass is 10.1. The Morgan fingerprint density at radius 2 is 1.95 bits per heavy atom. The molecule has 3 N–H and O–H groups in total. The second kappa shape index (κ2) is 9.57. The van der Waals surface area contributed by atoms with Crippen molar-refractivity contribution in [2.45, 2.75) is 51.7 Å². The Hall–Kier alpha value is -2.68. The first-order valence-electron chi connectivity index (χ1n) is 11.8. The van der Waals surface area contributed by atoms with Crippen LogP contribution in [0.15, 0.2) is 15.7 Å². The number of carbonyl (C=O) groups excluding carboxylic acids is 1. The molecular formula is C22H30ClFN6O6S. The van der Waals surface area contributed by atoms with Crippen LogP contribution in [0.4, 0.5) is 14.9 Å².